The van der Waals surface area contributed by atoms with Gasteiger partial charge in [0.15, 0.2) is 11.5 Å². The van der Waals surface area contributed by atoms with E-state index in [4.69, 9.17) is 9.47 Å². The number of benzene rings is 1. The van der Waals surface area contributed by atoms with E-state index in [0.717, 1.165) is 6.54 Å². The van der Waals surface area contributed by atoms with Crippen molar-refractivity contribution in [2.45, 2.75) is 20.0 Å². The molecule has 0 bridgehead atoms. The van der Waals surface area contributed by atoms with Gasteiger partial charge >= 0.3 is 0 Å². The third-order valence-corrected chi connectivity index (χ3v) is 3.45. The minimum absolute atomic E-state index is 0.00203. The average molecular weight is 294 g/mol. The first-order valence-electron chi connectivity index (χ1n) is 6.95. The molecular formula is C15H22N2O4. The fourth-order valence-electron chi connectivity index (χ4n) is 2.63. The quantitative estimate of drug-likeness (QED) is 0.861. The van der Waals surface area contributed by atoms with Gasteiger partial charge in [-0.1, -0.05) is 13.8 Å². The van der Waals surface area contributed by atoms with Gasteiger partial charge in [0.1, 0.15) is 6.17 Å². The molecule has 0 aromatic heterocycles. The number of hydrogen-bond acceptors (Lipinski definition) is 5. The minimum Gasteiger partial charge on any atom is -0.504 e. The monoisotopic (exact) mass is 294 g/mol. The number of ether oxygens (including phenoxy) is 2. The largest absolute Gasteiger partial charge is 0.504 e. The van der Waals surface area contributed by atoms with E-state index in [0.29, 0.717) is 23.8 Å². The number of methoxy groups -OCH3 is 2. The molecule has 0 spiro atoms. The lowest BCUT2D eigenvalue weighted by molar-refractivity contribution is -0.118. The second-order valence-corrected chi connectivity index (χ2v) is 5.53. The van der Waals surface area contributed by atoms with Crippen molar-refractivity contribution in [1.29, 1.82) is 0 Å². The molecule has 2 N–H and O–H groups in total. The molecule has 1 atom stereocenters. The molecule has 1 aromatic carbocycles. The molecule has 0 aliphatic carbocycles. The van der Waals surface area contributed by atoms with E-state index in [2.05, 4.69) is 19.2 Å². The maximum atomic E-state index is 11.7. The molecule has 116 valence electrons. The summed E-state index contributed by atoms with van der Waals surface area (Å²) in [4.78, 5) is 13.7. The zero-order valence-electron chi connectivity index (χ0n) is 12.8. The van der Waals surface area contributed by atoms with Gasteiger partial charge in [0, 0.05) is 12.1 Å². The molecular weight excluding hydrogens is 272 g/mol. The summed E-state index contributed by atoms with van der Waals surface area (Å²) in [5.41, 5.74) is 0.610. The summed E-state index contributed by atoms with van der Waals surface area (Å²) < 4.78 is 10.4. The molecule has 1 aromatic rings. The minimum atomic E-state index is -0.347. The fourth-order valence-corrected chi connectivity index (χ4v) is 2.63. The number of phenolic OH excluding ortho intramolecular Hbond substituents is 1. The first-order valence-corrected chi connectivity index (χ1v) is 6.95. The molecule has 1 amide bonds. The topological polar surface area (TPSA) is 71.0 Å². The second kappa shape index (κ2) is 6.22. The highest BCUT2D eigenvalue weighted by Crippen LogP contribution is 2.42. The van der Waals surface area contributed by atoms with Gasteiger partial charge in [-0.15, -0.1) is 0 Å². The molecule has 1 unspecified atom stereocenters. The molecule has 0 saturated carbocycles. The van der Waals surface area contributed by atoms with Crippen molar-refractivity contribution in [1.82, 2.24) is 10.2 Å². The Bertz CT molecular complexity index is 531. The molecule has 1 aliphatic rings. The van der Waals surface area contributed by atoms with Gasteiger partial charge in [0.2, 0.25) is 11.7 Å². The van der Waals surface area contributed by atoms with Crippen LogP contribution in [0.1, 0.15) is 25.6 Å². The zero-order valence-corrected chi connectivity index (χ0v) is 12.8. The van der Waals surface area contributed by atoms with E-state index in [1.165, 1.54) is 14.2 Å². The third-order valence-electron chi connectivity index (χ3n) is 3.45. The van der Waals surface area contributed by atoms with E-state index in [1.54, 1.807) is 12.1 Å². The number of aromatic hydroxyl groups is 1. The number of nitrogens with zero attached hydrogens (tertiary/aromatic N) is 1. The van der Waals surface area contributed by atoms with Crippen molar-refractivity contribution in [3.63, 3.8) is 0 Å². The Labute approximate surface area is 124 Å². The average Bonchev–Trinajstić information content (AvgIpc) is 2.78. The predicted octanol–water partition coefficient (Wildman–Crippen LogP) is 1.50. The van der Waals surface area contributed by atoms with E-state index in [-0.39, 0.29) is 23.6 Å². The third kappa shape index (κ3) is 3.05. The summed E-state index contributed by atoms with van der Waals surface area (Å²) in [5.74, 6) is 1.11. The van der Waals surface area contributed by atoms with Crippen LogP contribution in [0.4, 0.5) is 0 Å². The van der Waals surface area contributed by atoms with E-state index in [9.17, 15) is 9.90 Å². The van der Waals surface area contributed by atoms with Crippen LogP contribution in [0, 0.1) is 5.92 Å². The van der Waals surface area contributed by atoms with Gasteiger partial charge in [-0.2, -0.15) is 0 Å². The highest BCUT2D eigenvalue weighted by Gasteiger charge is 2.34. The fraction of sp³-hybridized carbons (Fsp3) is 0.533. The van der Waals surface area contributed by atoms with Crippen LogP contribution in [0.25, 0.3) is 0 Å². The Morgan fingerprint density at radius 2 is 2.10 bits per heavy atom. The van der Waals surface area contributed by atoms with Crippen LogP contribution in [0.5, 0.6) is 17.2 Å². The Balaban J connectivity index is 2.38. The summed E-state index contributed by atoms with van der Waals surface area (Å²) in [6.45, 7) is 5.27. The van der Waals surface area contributed by atoms with Gasteiger partial charge in [-0.25, -0.2) is 0 Å². The van der Waals surface area contributed by atoms with Crippen molar-refractivity contribution >= 4 is 5.91 Å². The molecule has 6 heteroatoms. The van der Waals surface area contributed by atoms with Crippen molar-refractivity contribution in [2.75, 3.05) is 27.3 Å². The van der Waals surface area contributed by atoms with Crippen LogP contribution in [0.3, 0.4) is 0 Å². The van der Waals surface area contributed by atoms with E-state index in [1.807, 2.05) is 4.90 Å². The van der Waals surface area contributed by atoms with Gasteiger partial charge in [0.05, 0.1) is 20.8 Å². The Morgan fingerprint density at radius 3 is 2.67 bits per heavy atom. The standard InChI is InChI=1S/C15H22N2O4/c1-9(2)7-17-8-12(18)16-15(17)10-5-6-11(20-3)14(21-4)13(10)19/h5-6,9,15,19H,7-8H2,1-4H3,(H,16,18). The summed E-state index contributed by atoms with van der Waals surface area (Å²) in [6, 6.07) is 3.48. The van der Waals surface area contributed by atoms with Crippen molar-refractivity contribution < 1.29 is 19.4 Å². The maximum Gasteiger partial charge on any atom is 0.235 e. The molecule has 0 radical (unpaired) electrons. The SMILES string of the molecule is COc1ccc(C2NC(=O)CN2CC(C)C)c(O)c1OC. The number of phenols is 1. The summed E-state index contributed by atoms with van der Waals surface area (Å²) >= 11 is 0. The van der Waals surface area contributed by atoms with Crippen LogP contribution >= 0.6 is 0 Å². The lowest BCUT2D eigenvalue weighted by atomic mass is 10.1. The highest BCUT2D eigenvalue weighted by molar-refractivity contribution is 5.81. The first-order chi connectivity index (χ1) is 9.97. The van der Waals surface area contributed by atoms with Gasteiger partial charge in [-0.05, 0) is 18.1 Å². The molecule has 1 aliphatic heterocycles. The number of nitrogens with one attached hydrogen (secondary N) is 1. The molecule has 1 saturated heterocycles. The van der Waals surface area contributed by atoms with Crippen LogP contribution in [-0.2, 0) is 4.79 Å². The molecule has 6 nitrogen and oxygen atoms in total. The molecule has 1 fully saturated rings. The van der Waals surface area contributed by atoms with Crippen LogP contribution in [0.15, 0.2) is 12.1 Å². The number of hydrogen-bond donors (Lipinski definition) is 2. The molecule has 21 heavy (non-hydrogen) atoms. The van der Waals surface area contributed by atoms with Crippen molar-refractivity contribution in [3.8, 4) is 17.2 Å². The smallest absolute Gasteiger partial charge is 0.235 e. The van der Waals surface area contributed by atoms with Crippen LogP contribution < -0.4 is 14.8 Å². The lowest BCUT2D eigenvalue weighted by Crippen LogP contribution is -2.30. The number of rotatable bonds is 5. The second-order valence-electron chi connectivity index (χ2n) is 5.53. The molecule has 1 heterocycles. The highest BCUT2D eigenvalue weighted by atomic mass is 16.5. The molecule has 2 rings (SSSR count). The number of carbonyl (C=O) groups is 1. The maximum absolute atomic E-state index is 11.7. The van der Waals surface area contributed by atoms with E-state index >= 15 is 0 Å². The predicted molar refractivity (Wildman–Crippen MR) is 78.5 cm³/mol. The van der Waals surface area contributed by atoms with Gasteiger partial charge < -0.3 is 19.9 Å². The summed E-state index contributed by atoms with van der Waals surface area (Å²) in [6.07, 6.45) is -0.347. The number of amides is 1. The van der Waals surface area contributed by atoms with Gasteiger partial charge in [-0.3, -0.25) is 9.69 Å². The Kier molecular flexibility index (Phi) is 4.57. The van der Waals surface area contributed by atoms with Crippen LogP contribution in [-0.4, -0.2) is 43.2 Å². The van der Waals surface area contributed by atoms with Crippen molar-refractivity contribution in [2.24, 2.45) is 5.92 Å². The summed E-state index contributed by atoms with van der Waals surface area (Å²) in [7, 11) is 2.99. The Hall–Kier alpha value is -1.95. The summed E-state index contributed by atoms with van der Waals surface area (Å²) in [5, 5.41) is 13.3. The Morgan fingerprint density at radius 1 is 1.38 bits per heavy atom. The van der Waals surface area contributed by atoms with Gasteiger partial charge in [0.25, 0.3) is 0 Å². The zero-order chi connectivity index (χ0) is 15.6. The first kappa shape index (κ1) is 15.4. The lowest BCUT2D eigenvalue weighted by Gasteiger charge is -2.26. The van der Waals surface area contributed by atoms with Crippen LogP contribution in [0.2, 0.25) is 0 Å². The number of carbonyl (C=O) groups excluding carboxylic acids is 1. The normalized spacial score (nSPS) is 18.9. The van der Waals surface area contributed by atoms with Crippen molar-refractivity contribution in [3.05, 3.63) is 17.7 Å². The van der Waals surface area contributed by atoms with E-state index < -0.39 is 0 Å².